The minimum Gasteiger partial charge on any atom is -0.507 e. The van der Waals surface area contributed by atoms with Gasteiger partial charge in [-0.3, -0.25) is 14.5 Å². The van der Waals surface area contributed by atoms with Crippen LogP contribution in [0.2, 0.25) is 0 Å². The molecule has 3 aromatic rings. The summed E-state index contributed by atoms with van der Waals surface area (Å²) in [5.74, 6) is -0.568. The first-order valence-electron chi connectivity index (χ1n) is 11.3. The molecule has 0 unspecified atom stereocenters. The number of rotatable bonds is 4. The average Bonchev–Trinajstić information content (AvgIpc) is 3.48. The quantitative estimate of drug-likeness (QED) is 0.327. The summed E-state index contributed by atoms with van der Waals surface area (Å²) in [5, 5.41) is 20.5. The first-order chi connectivity index (χ1) is 16.2. The largest absolute Gasteiger partial charge is 0.507 e. The monoisotopic (exact) mass is 475 g/mol. The lowest BCUT2D eigenvalue weighted by molar-refractivity contribution is -0.132. The second kappa shape index (κ2) is 8.36. The molecular formula is C26H25N3O4S. The number of hydrogen-bond donors (Lipinski definition) is 1. The lowest BCUT2D eigenvalue weighted by Gasteiger charge is -2.23. The Morgan fingerprint density at radius 1 is 1.15 bits per heavy atom. The number of benzene rings is 2. The molecule has 1 N–H and O–H groups in total. The zero-order valence-corrected chi connectivity index (χ0v) is 20.2. The van der Waals surface area contributed by atoms with Crippen molar-refractivity contribution in [2.24, 2.45) is 0 Å². The average molecular weight is 476 g/mol. The van der Waals surface area contributed by atoms with Gasteiger partial charge in [0.25, 0.3) is 5.78 Å². The van der Waals surface area contributed by atoms with Gasteiger partial charge in [-0.1, -0.05) is 49.4 Å². The molecule has 2 aliphatic rings. The van der Waals surface area contributed by atoms with Gasteiger partial charge in [0.2, 0.25) is 5.13 Å². The third-order valence-corrected chi connectivity index (χ3v) is 7.09. The Morgan fingerprint density at radius 2 is 1.88 bits per heavy atom. The van der Waals surface area contributed by atoms with Crippen molar-refractivity contribution >= 4 is 33.9 Å². The number of aliphatic hydroxyl groups excluding tert-OH is 1. The number of nitrogens with zero attached hydrogens (tertiary/aromatic N) is 3. The molecule has 0 saturated carbocycles. The van der Waals surface area contributed by atoms with Crippen molar-refractivity contribution in [2.75, 3.05) is 4.90 Å². The van der Waals surface area contributed by atoms with Crippen molar-refractivity contribution < 1.29 is 19.4 Å². The summed E-state index contributed by atoms with van der Waals surface area (Å²) in [6.45, 7) is 7.97. The second-order valence-corrected chi connectivity index (χ2v) is 10.2. The van der Waals surface area contributed by atoms with Crippen LogP contribution in [-0.2, 0) is 16.0 Å². The third kappa shape index (κ3) is 3.68. The van der Waals surface area contributed by atoms with Gasteiger partial charge in [0, 0.05) is 12.0 Å². The van der Waals surface area contributed by atoms with Crippen LogP contribution in [0.5, 0.6) is 5.75 Å². The van der Waals surface area contributed by atoms with Crippen molar-refractivity contribution in [3.63, 3.8) is 0 Å². The van der Waals surface area contributed by atoms with Gasteiger partial charge in [-0.15, -0.1) is 10.2 Å². The molecule has 3 heterocycles. The van der Waals surface area contributed by atoms with Crippen LogP contribution in [0.4, 0.5) is 5.13 Å². The third-order valence-electron chi connectivity index (χ3n) is 6.25. The minimum atomic E-state index is -0.808. The van der Waals surface area contributed by atoms with Gasteiger partial charge in [0.1, 0.15) is 22.6 Å². The van der Waals surface area contributed by atoms with Crippen LogP contribution in [0.15, 0.2) is 48.0 Å². The molecule has 34 heavy (non-hydrogen) atoms. The van der Waals surface area contributed by atoms with E-state index in [1.54, 1.807) is 19.1 Å². The van der Waals surface area contributed by atoms with E-state index in [0.717, 1.165) is 28.9 Å². The standard InChI is InChI=1S/C26H25N3O4S/c1-13(2)16-5-7-17(8-6-16)22-21(24(31)25(32)29(22)26-28-27-15(4)34-26)23(30)18-9-10-20-19(12-18)11-14(3)33-20/h5-10,12-14,22,30H,11H2,1-4H3/b23-21+/t14-,22+/m1/s1. The number of anilines is 1. The van der Waals surface area contributed by atoms with Gasteiger partial charge >= 0.3 is 5.91 Å². The topological polar surface area (TPSA) is 92.6 Å². The molecule has 0 aliphatic carbocycles. The molecule has 0 bridgehead atoms. The Balaban J connectivity index is 1.67. The van der Waals surface area contributed by atoms with Gasteiger partial charge in [-0.25, -0.2) is 0 Å². The number of aromatic nitrogens is 2. The minimum absolute atomic E-state index is 0.0436. The summed E-state index contributed by atoms with van der Waals surface area (Å²) in [6, 6.07) is 12.3. The summed E-state index contributed by atoms with van der Waals surface area (Å²) in [6.07, 6.45) is 0.771. The van der Waals surface area contributed by atoms with Crippen LogP contribution in [0.25, 0.3) is 5.76 Å². The van der Waals surface area contributed by atoms with Crippen LogP contribution in [0.1, 0.15) is 60.0 Å². The summed E-state index contributed by atoms with van der Waals surface area (Å²) in [4.78, 5) is 27.8. The number of ketones is 1. The molecule has 2 aliphatic heterocycles. The highest BCUT2D eigenvalue weighted by Crippen LogP contribution is 2.43. The highest BCUT2D eigenvalue weighted by atomic mass is 32.1. The number of Topliss-reactive ketones (excluding diaryl/α,β-unsaturated/α-hetero) is 1. The first kappa shape index (κ1) is 22.3. The molecule has 1 amide bonds. The van der Waals surface area contributed by atoms with E-state index in [2.05, 4.69) is 24.0 Å². The molecule has 2 atom stereocenters. The number of ether oxygens (including phenoxy) is 1. The molecule has 174 valence electrons. The Labute approximate surface area is 201 Å². The predicted octanol–water partition coefficient (Wildman–Crippen LogP) is 4.92. The highest BCUT2D eigenvalue weighted by Gasteiger charge is 2.48. The van der Waals surface area contributed by atoms with Gasteiger partial charge in [0.05, 0.1) is 11.6 Å². The maximum Gasteiger partial charge on any atom is 0.301 e. The molecule has 1 aromatic heterocycles. The fraction of sp³-hybridized carbons (Fsp3) is 0.308. The lowest BCUT2D eigenvalue weighted by atomic mass is 9.93. The zero-order chi connectivity index (χ0) is 24.1. The normalized spacial score (nSPS) is 21.3. The van der Waals surface area contributed by atoms with E-state index in [-0.39, 0.29) is 17.4 Å². The van der Waals surface area contributed by atoms with Crippen molar-refractivity contribution in [3.8, 4) is 5.75 Å². The number of aryl methyl sites for hydroxylation is 1. The number of hydrogen-bond acceptors (Lipinski definition) is 7. The number of aliphatic hydroxyl groups is 1. The van der Waals surface area contributed by atoms with Gasteiger partial charge in [-0.05, 0) is 54.7 Å². The molecule has 2 aromatic carbocycles. The van der Waals surface area contributed by atoms with Crippen LogP contribution in [0.3, 0.4) is 0 Å². The predicted molar refractivity (Wildman–Crippen MR) is 130 cm³/mol. The fourth-order valence-electron chi connectivity index (χ4n) is 4.52. The second-order valence-electron chi connectivity index (χ2n) is 9.05. The number of amides is 1. The molecule has 0 radical (unpaired) electrons. The van der Waals surface area contributed by atoms with Crippen molar-refractivity contribution in [1.29, 1.82) is 0 Å². The van der Waals surface area contributed by atoms with Crippen LogP contribution in [0, 0.1) is 6.92 Å². The number of carbonyl (C=O) groups excluding carboxylic acids is 2. The Bertz CT molecular complexity index is 1330. The van der Waals surface area contributed by atoms with Gasteiger partial charge in [-0.2, -0.15) is 0 Å². The van der Waals surface area contributed by atoms with E-state index in [1.807, 2.05) is 37.3 Å². The first-order valence-corrected chi connectivity index (χ1v) is 12.1. The van der Waals surface area contributed by atoms with Crippen LogP contribution < -0.4 is 9.64 Å². The van der Waals surface area contributed by atoms with Gasteiger partial charge < -0.3 is 9.84 Å². The molecular weight excluding hydrogens is 450 g/mol. The SMILES string of the molecule is Cc1nnc(N2C(=O)C(=O)/C(=C(/O)c3ccc4c(c3)C[C@@H](C)O4)[C@@H]2c2ccc(C(C)C)cc2)s1. The summed E-state index contributed by atoms with van der Waals surface area (Å²) in [5.41, 5.74) is 3.34. The van der Waals surface area contributed by atoms with E-state index < -0.39 is 17.7 Å². The Hall–Kier alpha value is -3.52. The van der Waals surface area contributed by atoms with E-state index >= 15 is 0 Å². The molecule has 5 rings (SSSR count). The molecule has 7 nitrogen and oxygen atoms in total. The summed E-state index contributed by atoms with van der Waals surface area (Å²) in [7, 11) is 0. The Kier molecular flexibility index (Phi) is 5.48. The fourth-order valence-corrected chi connectivity index (χ4v) is 5.23. The summed E-state index contributed by atoms with van der Waals surface area (Å²) < 4.78 is 5.76. The maximum absolute atomic E-state index is 13.3. The molecule has 0 spiro atoms. The Morgan fingerprint density at radius 3 is 2.53 bits per heavy atom. The van der Waals surface area contributed by atoms with Crippen molar-refractivity contribution in [2.45, 2.75) is 52.2 Å². The molecule has 1 fully saturated rings. The van der Waals surface area contributed by atoms with E-state index in [0.29, 0.717) is 21.6 Å². The maximum atomic E-state index is 13.3. The molecule has 8 heteroatoms. The van der Waals surface area contributed by atoms with E-state index in [1.165, 1.54) is 16.2 Å². The number of carbonyl (C=O) groups is 2. The van der Waals surface area contributed by atoms with Gasteiger partial charge in [0.15, 0.2) is 0 Å². The molecule has 1 saturated heterocycles. The van der Waals surface area contributed by atoms with Crippen molar-refractivity contribution in [3.05, 3.63) is 75.3 Å². The van der Waals surface area contributed by atoms with Crippen LogP contribution in [-0.4, -0.2) is 33.1 Å². The summed E-state index contributed by atoms with van der Waals surface area (Å²) >= 11 is 1.23. The zero-order valence-electron chi connectivity index (χ0n) is 19.4. The van der Waals surface area contributed by atoms with E-state index in [9.17, 15) is 14.7 Å². The van der Waals surface area contributed by atoms with E-state index in [4.69, 9.17) is 4.74 Å². The van der Waals surface area contributed by atoms with Crippen LogP contribution >= 0.6 is 11.3 Å². The number of fused-ring (bicyclic) bond motifs is 1. The van der Waals surface area contributed by atoms with Crippen molar-refractivity contribution in [1.82, 2.24) is 10.2 Å². The lowest BCUT2D eigenvalue weighted by Crippen LogP contribution is -2.29. The smallest absolute Gasteiger partial charge is 0.301 e. The highest BCUT2D eigenvalue weighted by molar-refractivity contribution is 7.15.